The van der Waals surface area contributed by atoms with E-state index in [1.807, 2.05) is 25.1 Å². The third kappa shape index (κ3) is 2.89. The average Bonchev–Trinajstić information content (AvgIpc) is 3.18. The first-order valence-electron chi connectivity index (χ1n) is 6.42. The molecule has 0 unspecified atom stereocenters. The van der Waals surface area contributed by atoms with Crippen molar-refractivity contribution in [2.75, 3.05) is 0 Å². The fourth-order valence-electron chi connectivity index (χ4n) is 1.98. The summed E-state index contributed by atoms with van der Waals surface area (Å²) in [6, 6.07) is 12.5. The molecule has 3 heteroatoms. The van der Waals surface area contributed by atoms with E-state index >= 15 is 0 Å². The van der Waals surface area contributed by atoms with Gasteiger partial charge in [-0.3, -0.25) is 4.79 Å². The summed E-state index contributed by atoms with van der Waals surface area (Å²) >= 11 is 0. The summed E-state index contributed by atoms with van der Waals surface area (Å²) in [6.45, 7) is 1.99. The molecule has 0 aromatic heterocycles. The van der Waals surface area contributed by atoms with Gasteiger partial charge in [-0.1, -0.05) is 30.3 Å². The largest absolute Gasteiger partial charge is 0.352 e. The smallest absolute Gasteiger partial charge is 0.240 e. The summed E-state index contributed by atoms with van der Waals surface area (Å²) in [5, 5.41) is 11.9. The number of amides is 1. The number of aryl methyl sites for hydroxylation is 1. The lowest BCUT2D eigenvalue weighted by Gasteiger charge is -2.15. The van der Waals surface area contributed by atoms with Crippen molar-refractivity contribution in [3.63, 3.8) is 0 Å². The summed E-state index contributed by atoms with van der Waals surface area (Å²) in [4.78, 5) is 11.8. The zero-order valence-corrected chi connectivity index (χ0v) is 10.6. The lowest BCUT2D eigenvalue weighted by molar-refractivity contribution is -0.125. The first-order chi connectivity index (χ1) is 8.66. The fourth-order valence-corrected chi connectivity index (χ4v) is 1.98. The van der Waals surface area contributed by atoms with E-state index in [9.17, 15) is 4.79 Å². The molecule has 0 heterocycles. The van der Waals surface area contributed by atoms with Crippen LogP contribution in [0.25, 0.3) is 0 Å². The highest BCUT2D eigenvalue weighted by atomic mass is 16.2. The molecule has 1 aliphatic carbocycles. The van der Waals surface area contributed by atoms with Crippen molar-refractivity contribution in [3.05, 3.63) is 35.9 Å². The monoisotopic (exact) mass is 242 g/mol. The van der Waals surface area contributed by atoms with Crippen molar-refractivity contribution in [2.45, 2.75) is 38.6 Å². The lowest BCUT2D eigenvalue weighted by atomic mass is 10.0. The molecule has 1 aromatic rings. The van der Waals surface area contributed by atoms with E-state index in [1.165, 1.54) is 5.56 Å². The van der Waals surface area contributed by atoms with Crippen LogP contribution in [0, 0.1) is 16.7 Å². The minimum atomic E-state index is -0.707. The summed E-state index contributed by atoms with van der Waals surface area (Å²) in [7, 11) is 0. The number of nitrogens with zero attached hydrogens (tertiary/aromatic N) is 1. The second kappa shape index (κ2) is 5.22. The van der Waals surface area contributed by atoms with Gasteiger partial charge in [0.1, 0.15) is 5.41 Å². The Kier molecular flexibility index (Phi) is 3.66. The molecule has 1 aromatic carbocycles. The van der Waals surface area contributed by atoms with E-state index in [0.717, 1.165) is 12.8 Å². The van der Waals surface area contributed by atoms with Gasteiger partial charge >= 0.3 is 0 Å². The van der Waals surface area contributed by atoms with Gasteiger partial charge < -0.3 is 5.32 Å². The second-order valence-corrected chi connectivity index (χ2v) is 5.09. The first-order valence-corrected chi connectivity index (χ1v) is 6.42. The van der Waals surface area contributed by atoms with Crippen LogP contribution in [0.5, 0.6) is 0 Å². The van der Waals surface area contributed by atoms with E-state index in [1.54, 1.807) is 0 Å². The molecule has 1 aliphatic rings. The number of nitrogens with one attached hydrogen (secondary N) is 1. The molecule has 3 nitrogen and oxygen atoms in total. The zero-order chi connectivity index (χ0) is 13.0. The summed E-state index contributed by atoms with van der Waals surface area (Å²) in [6.07, 6.45) is 3.26. The van der Waals surface area contributed by atoms with Gasteiger partial charge in [-0.15, -0.1) is 0 Å². The van der Waals surface area contributed by atoms with E-state index in [2.05, 4.69) is 23.5 Å². The van der Waals surface area contributed by atoms with Gasteiger partial charge in [0.05, 0.1) is 6.07 Å². The van der Waals surface area contributed by atoms with Gasteiger partial charge in [0.15, 0.2) is 0 Å². The predicted octanol–water partition coefficient (Wildman–Crippen LogP) is 2.43. The van der Waals surface area contributed by atoms with Gasteiger partial charge in [-0.05, 0) is 38.2 Å². The summed E-state index contributed by atoms with van der Waals surface area (Å²) in [5.41, 5.74) is 0.570. The molecule has 0 bridgehead atoms. The summed E-state index contributed by atoms with van der Waals surface area (Å²) in [5.74, 6) is -0.0921. The SMILES string of the molecule is C[C@@H](CCc1ccccc1)NC(=O)C1(C#N)CC1. The Morgan fingerprint density at radius 3 is 2.67 bits per heavy atom. The molecule has 1 amide bonds. The maximum Gasteiger partial charge on any atom is 0.240 e. The Morgan fingerprint density at radius 1 is 1.44 bits per heavy atom. The number of nitriles is 1. The molecule has 0 radical (unpaired) electrons. The molecule has 0 saturated heterocycles. The first kappa shape index (κ1) is 12.6. The van der Waals surface area contributed by atoms with Crippen molar-refractivity contribution in [1.82, 2.24) is 5.32 Å². The highest BCUT2D eigenvalue weighted by molar-refractivity contribution is 5.88. The number of carbonyl (C=O) groups excluding carboxylic acids is 1. The van der Waals surface area contributed by atoms with Gasteiger partial charge in [0.25, 0.3) is 0 Å². The minimum Gasteiger partial charge on any atom is -0.352 e. The van der Waals surface area contributed by atoms with Gasteiger partial charge in [0.2, 0.25) is 5.91 Å². The molecule has 0 aliphatic heterocycles. The Morgan fingerprint density at radius 2 is 2.11 bits per heavy atom. The number of hydrogen-bond acceptors (Lipinski definition) is 2. The van der Waals surface area contributed by atoms with Gasteiger partial charge in [-0.25, -0.2) is 0 Å². The van der Waals surface area contributed by atoms with Crippen molar-refractivity contribution in [1.29, 1.82) is 5.26 Å². The van der Waals surface area contributed by atoms with Crippen LogP contribution >= 0.6 is 0 Å². The minimum absolute atomic E-state index is 0.0921. The number of carbonyl (C=O) groups is 1. The number of rotatable bonds is 5. The molecule has 1 saturated carbocycles. The average molecular weight is 242 g/mol. The maximum absolute atomic E-state index is 11.8. The Labute approximate surface area is 108 Å². The molecule has 1 atom stereocenters. The maximum atomic E-state index is 11.8. The van der Waals surface area contributed by atoms with Crippen LogP contribution in [-0.4, -0.2) is 11.9 Å². The lowest BCUT2D eigenvalue weighted by Crippen LogP contribution is -2.38. The molecule has 0 spiro atoms. The van der Waals surface area contributed by atoms with Crippen molar-refractivity contribution < 1.29 is 4.79 Å². The van der Waals surface area contributed by atoms with E-state index < -0.39 is 5.41 Å². The van der Waals surface area contributed by atoms with Crippen LogP contribution in [0.4, 0.5) is 0 Å². The molecule has 1 fully saturated rings. The number of benzene rings is 1. The molecule has 18 heavy (non-hydrogen) atoms. The molecular weight excluding hydrogens is 224 g/mol. The fraction of sp³-hybridized carbons (Fsp3) is 0.467. The Hall–Kier alpha value is -1.82. The molecule has 94 valence electrons. The molecule has 2 rings (SSSR count). The highest BCUT2D eigenvalue weighted by Crippen LogP contribution is 2.45. The standard InChI is InChI=1S/C15H18N2O/c1-12(7-8-13-5-3-2-4-6-13)17-14(18)15(11-16)9-10-15/h2-6,12H,7-10H2,1H3,(H,17,18)/t12-/m0/s1. The van der Waals surface area contributed by atoms with E-state index in [-0.39, 0.29) is 11.9 Å². The molecular formula is C15H18N2O. The third-order valence-electron chi connectivity index (χ3n) is 3.49. The van der Waals surface area contributed by atoms with Crippen molar-refractivity contribution in [3.8, 4) is 6.07 Å². The van der Waals surface area contributed by atoms with Crippen molar-refractivity contribution >= 4 is 5.91 Å². The van der Waals surface area contributed by atoms with Crippen LogP contribution in [-0.2, 0) is 11.2 Å². The van der Waals surface area contributed by atoms with Crippen LogP contribution in [0.2, 0.25) is 0 Å². The van der Waals surface area contributed by atoms with Crippen LogP contribution in [0.15, 0.2) is 30.3 Å². The second-order valence-electron chi connectivity index (χ2n) is 5.09. The van der Waals surface area contributed by atoms with E-state index in [0.29, 0.717) is 12.8 Å². The zero-order valence-electron chi connectivity index (χ0n) is 10.6. The van der Waals surface area contributed by atoms with Crippen LogP contribution in [0.1, 0.15) is 31.7 Å². The van der Waals surface area contributed by atoms with Crippen LogP contribution in [0.3, 0.4) is 0 Å². The molecule has 1 N–H and O–H groups in total. The number of hydrogen-bond donors (Lipinski definition) is 1. The topological polar surface area (TPSA) is 52.9 Å². The highest BCUT2D eigenvalue weighted by Gasteiger charge is 2.50. The Bertz CT molecular complexity index is 457. The van der Waals surface area contributed by atoms with E-state index in [4.69, 9.17) is 5.26 Å². The van der Waals surface area contributed by atoms with Gasteiger partial charge in [0, 0.05) is 6.04 Å². The van der Waals surface area contributed by atoms with Gasteiger partial charge in [-0.2, -0.15) is 5.26 Å². The third-order valence-corrected chi connectivity index (χ3v) is 3.49. The normalized spacial score (nSPS) is 17.6. The van der Waals surface area contributed by atoms with Crippen molar-refractivity contribution in [2.24, 2.45) is 5.41 Å². The predicted molar refractivity (Wildman–Crippen MR) is 69.6 cm³/mol. The summed E-state index contributed by atoms with van der Waals surface area (Å²) < 4.78 is 0. The Balaban J connectivity index is 1.78. The van der Waals surface area contributed by atoms with Crippen LogP contribution < -0.4 is 5.32 Å². The quantitative estimate of drug-likeness (QED) is 0.862.